The lowest BCUT2D eigenvalue weighted by atomic mass is 9.97. The van der Waals surface area contributed by atoms with Gasteiger partial charge in [-0.15, -0.1) is 0 Å². The van der Waals surface area contributed by atoms with Gasteiger partial charge in [-0.2, -0.15) is 10.2 Å². The fourth-order valence-corrected chi connectivity index (χ4v) is 3.43. The number of amides is 1. The van der Waals surface area contributed by atoms with Crippen LogP contribution in [-0.2, 0) is 9.53 Å². The Balaban J connectivity index is 1.57. The maximum absolute atomic E-state index is 13.3. The highest BCUT2D eigenvalue weighted by Gasteiger charge is 2.37. The number of fused-ring (bicyclic) bond motifs is 1. The van der Waals surface area contributed by atoms with Crippen LogP contribution in [0.15, 0.2) is 30.5 Å². The Hall–Kier alpha value is -2.74. The van der Waals surface area contributed by atoms with E-state index in [4.69, 9.17) is 4.74 Å². The summed E-state index contributed by atoms with van der Waals surface area (Å²) in [5.74, 6) is -0.462. The first-order valence-electron chi connectivity index (χ1n) is 8.64. The molecule has 1 aromatic carbocycles. The highest BCUT2D eigenvalue weighted by atomic mass is 19.1. The molecular formula is C18H20FN5O2. The first-order valence-corrected chi connectivity index (χ1v) is 8.64. The van der Waals surface area contributed by atoms with Crippen LogP contribution in [-0.4, -0.2) is 32.5 Å². The number of ether oxygens (including phenoxy) is 1. The number of hydrogen-bond acceptors (Lipinski definition) is 4. The molecule has 0 saturated carbocycles. The molecule has 1 fully saturated rings. The zero-order valence-electron chi connectivity index (χ0n) is 14.6. The van der Waals surface area contributed by atoms with Crippen molar-refractivity contribution < 1.29 is 13.9 Å². The van der Waals surface area contributed by atoms with Crippen molar-refractivity contribution in [3.63, 3.8) is 0 Å². The molecule has 1 saturated heterocycles. The molecular weight excluding hydrogens is 337 g/mol. The first-order chi connectivity index (χ1) is 12.5. The molecule has 0 unspecified atom stereocenters. The van der Waals surface area contributed by atoms with Crippen LogP contribution in [0.4, 0.5) is 10.2 Å². The van der Waals surface area contributed by atoms with E-state index in [0.29, 0.717) is 29.7 Å². The fourth-order valence-electron chi connectivity index (χ4n) is 3.43. The zero-order chi connectivity index (χ0) is 18.3. The van der Waals surface area contributed by atoms with E-state index in [1.165, 1.54) is 12.1 Å². The molecule has 2 N–H and O–H groups in total. The smallest absolute Gasteiger partial charge is 0.231 e. The van der Waals surface area contributed by atoms with Gasteiger partial charge >= 0.3 is 0 Å². The van der Waals surface area contributed by atoms with Crippen molar-refractivity contribution in [2.24, 2.45) is 5.92 Å². The molecule has 3 aromatic rings. The van der Waals surface area contributed by atoms with E-state index < -0.39 is 0 Å². The second-order valence-electron chi connectivity index (χ2n) is 6.73. The summed E-state index contributed by atoms with van der Waals surface area (Å²) in [6, 6.07) is 6.36. The largest absolute Gasteiger partial charge is 0.371 e. The van der Waals surface area contributed by atoms with Gasteiger partial charge in [0.05, 0.1) is 17.1 Å². The molecule has 8 heteroatoms. The quantitative estimate of drug-likeness (QED) is 0.751. The molecule has 0 aliphatic carbocycles. The summed E-state index contributed by atoms with van der Waals surface area (Å²) in [7, 11) is 0. The average Bonchev–Trinajstić information content (AvgIpc) is 3.33. The van der Waals surface area contributed by atoms with Crippen molar-refractivity contribution in [3.8, 4) is 0 Å². The molecule has 1 aliphatic rings. The first kappa shape index (κ1) is 16.7. The molecule has 136 valence electrons. The van der Waals surface area contributed by atoms with Crippen LogP contribution in [0.2, 0.25) is 0 Å². The van der Waals surface area contributed by atoms with E-state index in [-0.39, 0.29) is 29.8 Å². The summed E-state index contributed by atoms with van der Waals surface area (Å²) >= 11 is 0. The van der Waals surface area contributed by atoms with E-state index in [2.05, 4.69) is 20.6 Å². The number of anilines is 1. The molecule has 2 atom stereocenters. The van der Waals surface area contributed by atoms with Gasteiger partial charge in [0.15, 0.2) is 5.82 Å². The minimum absolute atomic E-state index is 0.165. The third-order valence-corrected chi connectivity index (χ3v) is 4.68. The van der Waals surface area contributed by atoms with Crippen molar-refractivity contribution in [3.05, 3.63) is 42.0 Å². The van der Waals surface area contributed by atoms with Gasteiger partial charge in [-0.05, 0) is 44.5 Å². The summed E-state index contributed by atoms with van der Waals surface area (Å²) in [4.78, 5) is 12.9. The van der Waals surface area contributed by atoms with Gasteiger partial charge in [0.1, 0.15) is 11.9 Å². The molecule has 2 aromatic heterocycles. The van der Waals surface area contributed by atoms with Gasteiger partial charge in [0, 0.05) is 24.2 Å². The number of nitrogens with one attached hydrogen (secondary N) is 2. The molecule has 3 heterocycles. The number of H-pyrrole nitrogens is 1. The van der Waals surface area contributed by atoms with E-state index in [1.54, 1.807) is 12.3 Å². The van der Waals surface area contributed by atoms with Crippen molar-refractivity contribution in [2.75, 3.05) is 11.9 Å². The van der Waals surface area contributed by atoms with Crippen LogP contribution < -0.4 is 5.32 Å². The zero-order valence-corrected chi connectivity index (χ0v) is 14.6. The minimum atomic E-state index is -0.356. The molecule has 4 rings (SSSR count). The van der Waals surface area contributed by atoms with Gasteiger partial charge in [-0.25, -0.2) is 4.39 Å². The van der Waals surface area contributed by atoms with E-state index in [0.717, 1.165) is 5.69 Å². The number of carbonyl (C=O) groups is 1. The number of aromatic amines is 1. The number of benzene rings is 1. The van der Waals surface area contributed by atoms with Crippen LogP contribution in [0.5, 0.6) is 0 Å². The van der Waals surface area contributed by atoms with Crippen LogP contribution in [0.3, 0.4) is 0 Å². The summed E-state index contributed by atoms with van der Waals surface area (Å²) in [5, 5.41) is 14.7. The highest BCUT2D eigenvalue weighted by molar-refractivity contribution is 6.00. The van der Waals surface area contributed by atoms with Crippen molar-refractivity contribution in [1.29, 1.82) is 0 Å². The number of carbonyl (C=O) groups excluding carboxylic acids is 1. The topological polar surface area (TPSA) is 84.8 Å². The van der Waals surface area contributed by atoms with Crippen LogP contribution in [0.1, 0.15) is 38.1 Å². The predicted molar refractivity (Wildman–Crippen MR) is 94.1 cm³/mol. The summed E-state index contributed by atoms with van der Waals surface area (Å²) < 4.78 is 21.0. The summed E-state index contributed by atoms with van der Waals surface area (Å²) in [6.07, 6.45) is 2.00. The Morgan fingerprint density at radius 2 is 2.27 bits per heavy atom. The second-order valence-corrected chi connectivity index (χ2v) is 6.73. The fraction of sp³-hybridized carbons (Fsp3) is 0.389. The third-order valence-electron chi connectivity index (χ3n) is 4.68. The van der Waals surface area contributed by atoms with Gasteiger partial charge < -0.3 is 10.1 Å². The summed E-state index contributed by atoms with van der Waals surface area (Å²) in [5.41, 5.74) is 1.43. The molecule has 1 aliphatic heterocycles. The number of halogens is 1. The maximum atomic E-state index is 13.3. The molecule has 26 heavy (non-hydrogen) atoms. The molecule has 1 amide bonds. The Kier molecular flexibility index (Phi) is 4.20. The highest BCUT2D eigenvalue weighted by Crippen LogP contribution is 2.36. The standard InChI is InChI=1S/C18H20FN5O2/c1-10(2)24-15(5-7-20-24)16-13(6-8-26-16)18(25)21-17-12-4-3-11(19)9-14(12)22-23-17/h3-5,7,9-10,13,16H,6,8H2,1-2H3,(H2,21,22,23,25)/t13-,16-/m0/s1. The monoisotopic (exact) mass is 357 g/mol. The number of aromatic nitrogens is 4. The molecule has 0 bridgehead atoms. The molecule has 7 nitrogen and oxygen atoms in total. The van der Waals surface area contributed by atoms with E-state index >= 15 is 0 Å². The molecule has 0 spiro atoms. The van der Waals surface area contributed by atoms with Gasteiger partial charge in [-0.1, -0.05) is 0 Å². The summed E-state index contributed by atoms with van der Waals surface area (Å²) in [6.45, 7) is 4.59. The maximum Gasteiger partial charge on any atom is 0.231 e. The van der Waals surface area contributed by atoms with Crippen molar-refractivity contribution >= 4 is 22.6 Å². The normalized spacial score (nSPS) is 20.2. The van der Waals surface area contributed by atoms with Crippen LogP contribution in [0, 0.1) is 11.7 Å². The Bertz CT molecular complexity index is 948. The van der Waals surface area contributed by atoms with Crippen molar-refractivity contribution in [1.82, 2.24) is 20.0 Å². The SMILES string of the molecule is CC(C)n1nccc1[C@H]1OCC[C@@H]1C(=O)Nc1n[nH]c2cc(F)ccc12. The number of nitrogens with zero attached hydrogens (tertiary/aromatic N) is 3. The Morgan fingerprint density at radius 3 is 3.08 bits per heavy atom. The van der Waals surface area contributed by atoms with Crippen LogP contribution in [0.25, 0.3) is 10.9 Å². The number of rotatable bonds is 4. The predicted octanol–water partition coefficient (Wildman–Crippen LogP) is 3.20. The van der Waals surface area contributed by atoms with E-state index in [9.17, 15) is 9.18 Å². The van der Waals surface area contributed by atoms with E-state index in [1.807, 2.05) is 24.6 Å². The third kappa shape index (κ3) is 2.86. The lowest BCUT2D eigenvalue weighted by molar-refractivity contribution is -0.121. The minimum Gasteiger partial charge on any atom is -0.371 e. The van der Waals surface area contributed by atoms with Gasteiger partial charge in [-0.3, -0.25) is 14.6 Å². The van der Waals surface area contributed by atoms with Crippen LogP contribution >= 0.6 is 0 Å². The van der Waals surface area contributed by atoms with Crippen molar-refractivity contribution in [2.45, 2.75) is 32.4 Å². The average molecular weight is 357 g/mol. The molecule has 0 radical (unpaired) electrons. The van der Waals surface area contributed by atoms with Gasteiger partial charge in [0.2, 0.25) is 5.91 Å². The lowest BCUT2D eigenvalue weighted by Crippen LogP contribution is -2.27. The number of hydrogen-bond donors (Lipinski definition) is 2. The Labute approximate surface area is 149 Å². The van der Waals surface area contributed by atoms with Gasteiger partial charge in [0.25, 0.3) is 0 Å². The Morgan fingerprint density at radius 1 is 1.42 bits per heavy atom. The lowest BCUT2D eigenvalue weighted by Gasteiger charge is -2.20. The second kappa shape index (κ2) is 6.53.